The van der Waals surface area contributed by atoms with E-state index in [2.05, 4.69) is 6.08 Å². The van der Waals surface area contributed by atoms with Crippen LogP contribution in [0.2, 0.25) is 0 Å². The Bertz CT molecular complexity index is 505. The minimum Gasteiger partial charge on any atom is -0.444 e. The third-order valence-electron chi connectivity index (χ3n) is 3.37. The van der Waals surface area contributed by atoms with Crippen molar-refractivity contribution in [2.75, 3.05) is 13.2 Å². The van der Waals surface area contributed by atoms with Gasteiger partial charge in [-0.2, -0.15) is 0 Å². The van der Waals surface area contributed by atoms with E-state index in [-0.39, 0.29) is 12.1 Å². The number of ether oxygens (including phenoxy) is 2. The molecule has 1 heterocycles. The maximum Gasteiger partial charge on any atom is 0.410 e. The van der Waals surface area contributed by atoms with Gasteiger partial charge in [-0.25, -0.2) is 4.79 Å². The summed E-state index contributed by atoms with van der Waals surface area (Å²) in [6.45, 7) is 7.29. The lowest BCUT2D eigenvalue weighted by Gasteiger charge is -2.34. The van der Waals surface area contributed by atoms with Crippen molar-refractivity contribution in [3.05, 3.63) is 48.0 Å². The zero-order valence-electron chi connectivity index (χ0n) is 13.6. The van der Waals surface area contributed by atoms with Gasteiger partial charge >= 0.3 is 6.09 Å². The molecule has 1 aromatic carbocycles. The van der Waals surface area contributed by atoms with E-state index in [4.69, 9.17) is 9.47 Å². The van der Waals surface area contributed by atoms with Gasteiger partial charge < -0.3 is 9.47 Å². The molecule has 0 spiro atoms. The molecule has 1 aliphatic rings. The molecule has 1 amide bonds. The van der Waals surface area contributed by atoms with Gasteiger partial charge in [0.15, 0.2) is 0 Å². The van der Waals surface area contributed by atoms with Gasteiger partial charge in [0, 0.05) is 6.54 Å². The molecule has 0 saturated carbocycles. The lowest BCUT2D eigenvalue weighted by Crippen LogP contribution is -2.46. The number of carbonyl (C=O) groups excluding carboxylic acids is 1. The number of hydrogen-bond acceptors (Lipinski definition) is 3. The maximum absolute atomic E-state index is 12.3. The number of hydrogen-bond donors (Lipinski definition) is 0. The molecule has 0 fully saturated rings. The third-order valence-corrected chi connectivity index (χ3v) is 3.37. The minimum atomic E-state index is -0.478. The summed E-state index contributed by atoms with van der Waals surface area (Å²) in [5, 5.41) is 0. The summed E-state index contributed by atoms with van der Waals surface area (Å²) in [4.78, 5) is 14.0. The molecular weight excluding hydrogens is 278 g/mol. The van der Waals surface area contributed by atoms with Crippen molar-refractivity contribution in [3.8, 4) is 0 Å². The number of rotatable bonds is 4. The quantitative estimate of drug-likeness (QED) is 0.795. The summed E-state index contributed by atoms with van der Waals surface area (Å²) in [5.74, 6) is 0. The van der Waals surface area contributed by atoms with Crippen molar-refractivity contribution in [2.45, 2.75) is 45.4 Å². The van der Waals surface area contributed by atoms with Crippen LogP contribution >= 0.6 is 0 Å². The lowest BCUT2D eigenvalue weighted by atomic mass is 10.1. The second-order valence-corrected chi connectivity index (χ2v) is 6.49. The van der Waals surface area contributed by atoms with Crippen molar-refractivity contribution in [2.24, 2.45) is 0 Å². The highest BCUT2D eigenvalue weighted by atomic mass is 16.6. The first-order valence-corrected chi connectivity index (χ1v) is 7.72. The van der Waals surface area contributed by atoms with Crippen LogP contribution in [0.25, 0.3) is 0 Å². The van der Waals surface area contributed by atoms with Crippen LogP contribution in [0.3, 0.4) is 0 Å². The van der Waals surface area contributed by atoms with Crippen LogP contribution in [0.15, 0.2) is 42.5 Å². The summed E-state index contributed by atoms with van der Waals surface area (Å²) in [6.07, 6.45) is 4.62. The van der Waals surface area contributed by atoms with Gasteiger partial charge in [-0.1, -0.05) is 42.5 Å². The van der Waals surface area contributed by atoms with E-state index in [1.807, 2.05) is 57.2 Å². The fraction of sp³-hybridized carbons (Fsp3) is 0.500. The molecule has 2 rings (SSSR count). The molecule has 120 valence electrons. The van der Waals surface area contributed by atoms with Gasteiger partial charge in [0.05, 0.1) is 19.3 Å². The molecular formula is C18H25NO3. The Hall–Kier alpha value is -1.81. The first-order chi connectivity index (χ1) is 10.5. The molecule has 0 radical (unpaired) electrons. The van der Waals surface area contributed by atoms with Crippen LogP contribution < -0.4 is 0 Å². The second-order valence-electron chi connectivity index (χ2n) is 6.49. The Labute approximate surface area is 132 Å². The Balaban J connectivity index is 1.87. The molecule has 0 bridgehead atoms. The van der Waals surface area contributed by atoms with Gasteiger partial charge in [0.25, 0.3) is 0 Å². The third kappa shape index (κ3) is 5.19. The zero-order valence-corrected chi connectivity index (χ0v) is 13.6. The lowest BCUT2D eigenvalue weighted by molar-refractivity contribution is 0.000990. The van der Waals surface area contributed by atoms with Gasteiger partial charge in [-0.15, -0.1) is 0 Å². The van der Waals surface area contributed by atoms with Crippen molar-refractivity contribution in [3.63, 3.8) is 0 Å². The molecule has 0 aliphatic carbocycles. The normalized spacial score (nSPS) is 18.3. The van der Waals surface area contributed by atoms with E-state index in [1.54, 1.807) is 4.90 Å². The van der Waals surface area contributed by atoms with Crippen LogP contribution in [0.1, 0.15) is 32.8 Å². The molecule has 1 aliphatic heterocycles. The largest absolute Gasteiger partial charge is 0.444 e. The standard InChI is InChI=1S/C18H25NO3/c1-18(2,3)22-17(20)19-12-8-7-11-16(19)14-21-13-15-9-5-4-6-10-15/h4-10,16H,11-14H2,1-3H3/t16-/m0/s1. The second kappa shape index (κ2) is 7.45. The number of amides is 1. The van der Waals surface area contributed by atoms with E-state index >= 15 is 0 Å². The Morgan fingerprint density at radius 2 is 1.95 bits per heavy atom. The Morgan fingerprint density at radius 1 is 1.23 bits per heavy atom. The van der Waals surface area contributed by atoms with Crippen LogP contribution in [-0.4, -0.2) is 35.8 Å². The average molecular weight is 303 g/mol. The van der Waals surface area contributed by atoms with E-state index < -0.39 is 5.60 Å². The highest BCUT2D eigenvalue weighted by Gasteiger charge is 2.28. The topological polar surface area (TPSA) is 38.8 Å². The van der Waals surface area contributed by atoms with Crippen molar-refractivity contribution >= 4 is 6.09 Å². The van der Waals surface area contributed by atoms with Crippen LogP contribution in [0, 0.1) is 0 Å². The maximum atomic E-state index is 12.3. The first kappa shape index (κ1) is 16.6. The molecule has 0 saturated heterocycles. The van der Waals surface area contributed by atoms with Gasteiger partial charge in [-0.05, 0) is 32.8 Å². The molecule has 4 heteroatoms. The molecule has 1 atom stereocenters. The SMILES string of the molecule is CC(C)(C)OC(=O)N1CC=CC[C@H]1COCc1ccccc1. The van der Waals surface area contributed by atoms with Crippen molar-refractivity contribution in [1.29, 1.82) is 0 Å². The molecule has 0 aromatic heterocycles. The van der Waals surface area contributed by atoms with Crippen LogP contribution in [-0.2, 0) is 16.1 Å². The van der Waals surface area contributed by atoms with E-state index in [1.165, 1.54) is 0 Å². The molecule has 0 unspecified atom stereocenters. The highest BCUT2D eigenvalue weighted by Crippen LogP contribution is 2.17. The summed E-state index contributed by atoms with van der Waals surface area (Å²) in [7, 11) is 0. The summed E-state index contributed by atoms with van der Waals surface area (Å²) >= 11 is 0. The number of nitrogens with zero attached hydrogens (tertiary/aromatic N) is 1. The number of carbonyl (C=O) groups is 1. The number of benzene rings is 1. The summed E-state index contributed by atoms with van der Waals surface area (Å²) in [6, 6.07) is 10.1. The first-order valence-electron chi connectivity index (χ1n) is 7.72. The summed E-state index contributed by atoms with van der Waals surface area (Å²) in [5.41, 5.74) is 0.658. The highest BCUT2D eigenvalue weighted by molar-refractivity contribution is 5.69. The smallest absolute Gasteiger partial charge is 0.410 e. The fourth-order valence-corrected chi connectivity index (χ4v) is 2.31. The molecule has 1 aromatic rings. The minimum absolute atomic E-state index is 0.0311. The van der Waals surface area contributed by atoms with Crippen LogP contribution in [0.5, 0.6) is 0 Å². The molecule has 22 heavy (non-hydrogen) atoms. The van der Waals surface area contributed by atoms with Crippen molar-refractivity contribution in [1.82, 2.24) is 4.90 Å². The van der Waals surface area contributed by atoms with Gasteiger partial charge in [-0.3, -0.25) is 4.90 Å². The van der Waals surface area contributed by atoms with Crippen molar-refractivity contribution < 1.29 is 14.3 Å². The van der Waals surface area contributed by atoms with Crippen LogP contribution in [0.4, 0.5) is 4.79 Å². The van der Waals surface area contributed by atoms with E-state index in [0.717, 1.165) is 12.0 Å². The predicted octanol–water partition coefficient (Wildman–Crippen LogP) is 3.77. The molecule has 0 N–H and O–H groups in total. The summed E-state index contributed by atoms with van der Waals surface area (Å²) < 4.78 is 11.3. The Morgan fingerprint density at radius 3 is 2.64 bits per heavy atom. The van der Waals surface area contributed by atoms with E-state index in [9.17, 15) is 4.79 Å². The predicted molar refractivity (Wildman–Crippen MR) is 86.6 cm³/mol. The average Bonchev–Trinajstić information content (AvgIpc) is 2.47. The van der Waals surface area contributed by atoms with Gasteiger partial charge in [0.2, 0.25) is 0 Å². The zero-order chi connectivity index (χ0) is 16.0. The fourth-order valence-electron chi connectivity index (χ4n) is 2.31. The van der Waals surface area contributed by atoms with Gasteiger partial charge in [0.1, 0.15) is 5.60 Å². The monoisotopic (exact) mass is 303 g/mol. The molecule has 4 nitrogen and oxygen atoms in total. The van der Waals surface area contributed by atoms with E-state index in [0.29, 0.717) is 19.8 Å². The Kier molecular flexibility index (Phi) is 5.61.